The standard InChI is InChI=1S/C10H4F2O2S/c11-5-1-2-6(12)10-9(5)13-7-3-15-4-8(7)14-10/h1-4H. The molecule has 1 aliphatic heterocycles. The first-order valence-electron chi connectivity index (χ1n) is 4.15. The maximum absolute atomic E-state index is 13.3. The Morgan fingerprint density at radius 3 is 1.80 bits per heavy atom. The summed E-state index contributed by atoms with van der Waals surface area (Å²) in [5.41, 5.74) is 0. The van der Waals surface area contributed by atoms with Crippen molar-refractivity contribution in [3.8, 4) is 23.0 Å². The fourth-order valence-corrected chi connectivity index (χ4v) is 1.99. The molecule has 0 spiro atoms. The monoisotopic (exact) mass is 226 g/mol. The van der Waals surface area contributed by atoms with Crippen LogP contribution in [-0.4, -0.2) is 0 Å². The second-order valence-corrected chi connectivity index (χ2v) is 3.74. The number of benzene rings is 1. The van der Waals surface area contributed by atoms with Crippen LogP contribution in [-0.2, 0) is 0 Å². The van der Waals surface area contributed by atoms with Gasteiger partial charge in [-0.15, -0.1) is 11.3 Å². The van der Waals surface area contributed by atoms with Gasteiger partial charge in [0.2, 0.25) is 11.5 Å². The zero-order valence-electron chi connectivity index (χ0n) is 7.29. The lowest BCUT2D eigenvalue weighted by molar-refractivity contribution is 0.329. The number of thiophene rings is 1. The van der Waals surface area contributed by atoms with Crippen LogP contribution in [0, 0.1) is 11.6 Å². The molecule has 0 unspecified atom stereocenters. The summed E-state index contributed by atoms with van der Waals surface area (Å²) < 4.78 is 37.0. The highest BCUT2D eigenvalue weighted by Gasteiger charge is 2.25. The quantitative estimate of drug-likeness (QED) is 0.578. The first-order chi connectivity index (χ1) is 7.25. The van der Waals surface area contributed by atoms with Gasteiger partial charge in [-0.3, -0.25) is 0 Å². The Hall–Kier alpha value is -1.62. The fourth-order valence-electron chi connectivity index (χ4n) is 1.35. The molecule has 0 N–H and O–H groups in total. The van der Waals surface area contributed by atoms with E-state index < -0.39 is 11.6 Å². The molecular formula is C10H4F2O2S. The number of rotatable bonds is 0. The van der Waals surface area contributed by atoms with Gasteiger partial charge in [0, 0.05) is 10.8 Å². The van der Waals surface area contributed by atoms with Gasteiger partial charge < -0.3 is 9.47 Å². The highest BCUT2D eigenvalue weighted by Crippen LogP contribution is 2.48. The lowest BCUT2D eigenvalue weighted by atomic mass is 10.2. The Balaban J connectivity index is 2.20. The minimum Gasteiger partial charge on any atom is -0.445 e. The van der Waals surface area contributed by atoms with E-state index in [1.54, 1.807) is 10.8 Å². The predicted octanol–water partition coefficient (Wildman–Crippen LogP) is 3.92. The van der Waals surface area contributed by atoms with Crippen molar-refractivity contribution < 1.29 is 18.3 Å². The molecular weight excluding hydrogens is 222 g/mol. The van der Waals surface area contributed by atoms with Gasteiger partial charge in [0.1, 0.15) is 0 Å². The second kappa shape index (κ2) is 2.93. The Morgan fingerprint density at radius 2 is 1.33 bits per heavy atom. The van der Waals surface area contributed by atoms with Crippen LogP contribution in [0.5, 0.6) is 23.0 Å². The highest BCUT2D eigenvalue weighted by atomic mass is 32.1. The first-order valence-corrected chi connectivity index (χ1v) is 5.10. The van der Waals surface area contributed by atoms with E-state index in [0.29, 0.717) is 11.5 Å². The van der Waals surface area contributed by atoms with Crippen LogP contribution in [0.15, 0.2) is 22.9 Å². The van der Waals surface area contributed by atoms with Gasteiger partial charge in [-0.1, -0.05) is 0 Å². The highest BCUT2D eigenvalue weighted by molar-refractivity contribution is 7.08. The van der Waals surface area contributed by atoms with Gasteiger partial charge in [-0.05, 0) is 12.1 Å². The summed E-state index contributed by atoms with van der Waals surface area (Å²) in [5, 5.41) is 3.34. The van der Waals surface area contributed by atoms with Crippen molar-refractivity contribution in [1.29, 1.82) is 0 Å². The van der Waals surface area contributed by atoms with Crippen molar-refractivity contribution in [1.82, 2.24) is 0 Å². The molecule has 2 heterocycles. The zero-order chi connectivity index (χ0) is 10.4. The van der Waals surface area contributed by atoms with Crippen LogP contribution in [0.1, 0.15) is 0 Å². The number of hydrogen-bond acceptors (Lipinski definition) is 3. The van der Waals surface area contributed by atoms with Gasteiger partial charge in [-0.2, -0.15) is 0 Å². The minimum atomic E-state index is -0.636. The molecule has 0 amide bonds. The summed E-state index contributed by atoms with van der Waals surface area (Å²) in [7, 11) is 0. The van der Waals surface area contributed by atoms with Crippen LogP contribution in [0.3, 0.4) is 0 Å². The van der Waals surface area contributed by atoms with Crippen LogP contribution in [0.25, 0.3) is 0 Å². The molecule has 2 nitrogen and oxygen atoms in total. The molecule has 1 aromatic carbocycles. The molecule has 2 aromatic rings. The summed E-state index contributed by atoms with van der Waals surface area (Å²) >= 11 is 1.34. The molecule has 0 saturated heterocycles. The van der Waals surface area contributed by atoms with Gasteiger partial charge in [0.25, 0.3) is 0 Å². The Labute approximate surface area is 87.7 Å². The van der Waals surface area contributed by atoms with Crippen LogP contribution in [0.4, 0.5) is 8.78 Å². The van der Waals surface area contributed by atoms with E-state index in [0.717, 1.165) is 12.1 Å². The topological polar surface area (TPSA) is 18.5 Å². The van der Waals surface area contributed by atoms with Crippen molar-refractivity contribution in [2.45, 2.75) is 0 Å². The average Bonchev–Trinajstić information content (AvgIpc) is 2.69. The van der Waals surface area contributed by atoms with Gasteiger partial charge in [0.05, 0.1) is 0 Å². The average molecular weight is 226 g/mol. The summed E-state index contributed by atoms with van der Waals surface area (Å²) in [6.07, 6.45) is 0. The van der Waals surface area contributed by atoms with Gasteiger partial charge in [-0.25, -0.2) is 8.78 Å². The van der Waals surface area contributed by atoms with Crippen molar-refractivity contribution in [2.75, 3.05) is 0 Å². The lowest BCUT2D eigenvalue weighted by Gasteiger charge is -2.18. The van der Waals surface area contributed by atoms with E-state index in [1.165, 1.54) is 11.3 Å². The maximum atomic E-state index is 13.3. The van der Waals surface area contributed by atoms with Gasteiger partial charge >= 0.3 is 0 Å². The molecule has 0 fully saturated rings. The molecule has 0 saturated carbocycles. The third kappa shape index (κ3) is 1.20. The summed E-state index contributed by atoms with van der Waals surface area (Å²) in [4.78, 5) is 0. The molecule has 0 aliphatic carbocycles. The summed E-state index contributed by atoms with van der Waals surface area (Å²) in [5.74, 6) is -0.831. The Morgan fingerprint density at radius 1 is 0.867 bits per heavy atom. The predicted molar refractivity (Wildman–Crippen MR) is 50.8 cm³/mol. The van der Waals surface area contributed by atoms with Gasteiger partial charge in [0.15, 0.2) is 23.1 Å². The second-order valence-electron chi connectivity index (χ2n) is 2.99. The molecule has 3 rings (SSSR count). The van der Waals surface area contributed by atoms with E-state index in [-0.39, 0.29) is 11.5 Å². The summed E-state index contributed by atoms with van der Waals surface area (Å²) in [6.45, 7) is 0. The van der Waals surface area contributed by atoms with E-state index in [1.807, 2.05) is 0 Å². The van der Waals surface area contributed by atoms with Crippen LogP contribution in [0.2, 0.25) is 0 Å². The number of hydrogen-bond donors (Lipinski definition) is 0. The maximum Gasteiger partial charge on any atom is 0.208 e. The summed E-state index contributed by atoms with van der Waals surface area (Å²) in [6, 6.07) is 2.02. The Kier molecular flexibility index (Phi) is 1.70. The largest absolute Gasteiger partial charge is 0.445 e. The third-order valence-electron chi connectivity index (χ3n) is 2.03. The molecule has 0 bridgehead atoms. The minimum absolute atomic E-state index is 0.194. The number of fused-ring (bicyclic) bond motifs is 2. The van der Waals surface area contributed by atoms with Crippen molar-refractivity contribution in [2.24, 2.45) is 0 Å². The fraction of sp³-hybridized carbons (Fsp3) is 0. The van der Waals surface area contributed by atoms with Crippen LogP contribution < -0.4 is 9.47 Å². The number of ether oxygens (including phenoxy) is 2. The molecule has 15 heavy (non-hydrogen) atoms. The van der Waals surface area contributed by atoms with E-state index >= 15 is 0 Å². The molecule has 1 aliphatic rings. The van der Waals surface area contributed by atoms with Crippen molar-refractivity contribution >= 4 is 11.3 Å². The zero-order valence-corrected chi connectivity index (χ0v) is 8.11. The molecule has 5 heteroatoms. The molecule has 0 atom stereocenters. The number of halogens is 2. The van der Waals surface area contributed by atoms with E-state index in [9.17, 15) is 8.78 Å². The third-order valence-corrected chi connectivity index (χ3v) is 2.73. The Bertz CT molecular complexity index is 491. The van der Waals surface area contributed by atoms with Crippen LogP contribution >= 0.6 is 11.3 Å². The molecule has 0 radical (unpaired) electrons. The first kappa shape index (κ1) is 8.67. The smallest absolute Gasteiger partial charge is 0.208 e. The van der Waals surface area contributed by atoms with E-state index in [4.69, 9.17) is 9.47 Å². The molecule has 76 valence electrons. The SMILES string of the molecule is Fc1ccc(F)c2c1Oc1cscc1O2. The van der Waals surface area contributed by atoms with E-state index in [2.05, 4.69) is 0 Å². The van der Waals surface area contributed by atoms with Crippen molar-refractivity contribution in [3.05, 3.63) is 34.5 Å². The van der Waals surface area contributed by atoms with Crippen molar-refractivity contribution in [3.63, 3.8) is 0 Å². The lowest BCUT2D eigenvalue weighted by Crippen LogP contribution is -2.01. The normalized spacial score (nSPS) is 12.4. The molecule has 1 aromatic heterocycles.